The second-order valence-electron chi connectivity index (χ2n) is 4.76. The molecule has 1 amide bonds. The van der Waals surface area contributed by atoms with E-state index in [4.69, 9.17) is 21.1 Å². The van der Waals surface area contributed by atoms with Gasteiger partial charge in [0.25, 0.3) is 5.91 Å². The number of carbonyl (C=O) groups excluding carboxylic acids is 2. The zero-order valence-corrected chi connectivity index (χ0v) is 14.2. The number of methoxy groups -OCH3 is 2. The van der Waals surface area contributed by atoms with Gasteiger partial charge in [0.15, 0.2) is 11.5 Å². The Morgan fingerprint density at radius 3 is 2.36 bits per heavy atom. The summed E-state index contributed by atoms with van der Waals surface area (Å²) in [5.74, 6) is -1.68. The van der Waals surface area contributed by atoms with Crippen LogP contribution in [0.3, 0.4) is 0 Å². The van der Waals surface area contributed by atoms with E-state index in [1.807, 2.05) is 0 Å². The molecule has 0 aliphatic heterocycles. The van der Waals surface area contributed by atoms with Crippen LogP contribution >= 0.6 is 11.6 Å². The molecule has 0 aliphatic carbocycles. The Morgan fingerprint density at radius 2 is 1.80 bits per heavy atom. The lowest BCUT2D eigenvalue weighted by atomic mass is 10.1. The number of benzene rings is 2. The molecule has 2 rings (SSSR count). The van der Waals surface area contributed by atoms with Gasteiger partial charge in [-0.3, -0.25) is 4.79 Å². The summed E-state index contributed by atoms with van der Waals surface area (Å²) in [5.41, 5.74) is 2.62. The summed E-state index contributed by atoms with van der Waals surface area (Å²) in [7, 11) is 2.70. The second kappa shape index (κ2) is 8.16. The van der Waals surface area contributed by atoms with Crippen molar-refractivity contribution < 1.29 is 24.2 Å². The molecule has 0 spiro atoms. The number of carboxylic acids is 1. The number of amides is 1. The van der Waals surface area contributed by atoms with E-state index >= 15 is 0 Å². The van der Waals surface area contributed by atoms with Crippen LogP contribution < -0.4 is 20.0 Å². The average Bonchev–Trinajstić information content (AvgIpc) is 2.61. The molecule has 0 aliphatic rings. The number of hydrazone groups is 1. The summed E-state index contributed by atoms with van der Waals surface area (Å²) in [6, 6.07) is 9.20. The van der Waals surface area contributed by atoms with Crippen molar-refractivity contribution in [3.8, 4) is 11.5 Å². The predicted molar refractivity (Wildman–Crippen MR) is 90.4 cm³/mol. The molecule has 8 heteroatoms. The molecule has 2 aromatic carbocycles. The fraction of sp³-hybridized carbons (Fsp3) is 0.118. The van der Waals surface area contributed by atoms with Crippen LogP contribution in [-0.4, -0.2) is 32.3 Å². The highest BCUT2D eigenvalue weighted by Crippen LogP contribution is 2.32. The maximum absolute atomic E-state index is 11.9. The topological polar surface area (TPSA) is 100 Å². The highest BCUT2D eigenvalue weighted by Gasteiger charge is 2.15. The first-order valence-electron chi connectivity index (χ1n) is 7.03. The van der Waals surface area contributed by atoms with Crippen molar-refractivity contribution in [2.75, 3.05) is 14.2 Å². The number of halogens is 1. The van der Waals surface area contributed by atoms with Crippen LogP contribution in [-0.2, 0) is 0 Å². The molecule has 7 nitrogen and oxygen atoms in total. The number of aromatic carboxylic acids is 1. The zero-order chi connectivity index (χ0) is 18.4. The van der Waals surface area contributed by atoms with Gasteiger partial charge in [-0.1, -0.05) is 11.6 Å². The minimum Gasteiger partial charge on any atom is -0.545 e. The van der Waals surface area contributed by atoms with Crippen molar-refractivity contribution in [3.63, 3.8) is 0 Å². The molecular formula is C17H14ClN2O5-. The van der Waals surface area contributed by atoms with Crippen LogP contribution in [0.25, 0.3) is 0 Å². The molecular weight excluding hydrogens is 348 g/mol. The standard InChI is InChI=1S/C17H15ClN2O5/c1-24-13-8-5-11(14(17(22)23)15(13)25-2)9-19-20-16(21)10-3-6-12(18)7-4-10/h3-9H,1-2H3,(H,20,21)(H,22,23)/p-1. The summed E-state index contributed by atoms with van der Waals surface area (Å²) in [6.07, 6.45) is 1.18. The van der Waals surface area contributed by atoms with E-state index < -0.39 is 11.9 Å². The first kappa shape index (κ1) is 18.3. The van der Waals surface area contributed by atoms with E-state index in [1.165, 1.54) is 44.7 Å². The van der Waals surface area contributed by atoms with Crippen molar-refractivity contribution in [2.45, 2.75) is 0 Å². The average molecular weight is 362 g/mol. The van der Waals surface area contributed by atoms with E-state index in [2.05, 4.69) is 10.5 Å². The minimum atomic E-state index is -1.46. The lowest BCUT2D eigenvalue weighted by Gasteiger charge is -2.15. The van der Waals surface area contributed by atoms with Gasteiger partial charge in [0, 0.05) is 16.1 Å². The number of hydrogen-bond donors (Lipinski definition) is 1. The lowest BCUT2D eigenvalue weighted by Crippen LogP contribution is -2.25. The maximum atomic E-state index is 11.9. The molecule has 25 heavy (non-hydrogen) atoms. The summed E-state index contributed by atoms with van der Waals surface area (Å²) in [5, 5.41) is 15.7. The van der Waals surface area contributed by atoms with Gasteiger partial charge in [0.05, 0.1) is 32.0 Å². The smallest absolute Gasteiger partial charge is 0.271 e. The second-order valence-corrected chi connectivity index (χ2v) is 5.20. The van der Waals surface area contributed by atoms with Crippen molar-refractivity contribution >= 4 is 29.7 Å². The van der Waals surface area contributed by atoms with Crippen LogP contribution in [0, 0.1) is 0 Å². The Balaban J connectivity index is 2.24. The van der Waals surface area contributed by atoms with Gasteiger partial charge in [0.1, 0.15) is 0 Å². The number of rotatable bonds is 6. The van der Waals surface area contributed by atoms with Gasteiger partial charge in [-0.15, -0.1) is 0 Å². The molecule has 0 unspecified atom stereocenters. The first-order valence-corrected chi connectivity index (χ1v) is 7.41. The highest BCUT2D eigenvalue weighted by molar-refractivity contribution is 6.30. The molecule has 0 radical (unpaired) electrons. The monoisotopic (exact) mass is 361 g/mol. The third-order valence-electron chi connectivity index (χ3n) is 3.26. The third-order valence-corrected chi connectivity index (χ3v) is 3.51. The number of ether oxygens (including phenoxy) is 2. The summed E-state index contributed by atoms with van der Waals surface area (Å²) in [6.45, 7) is 0. The van der Waals surface area contributed by atoms with Crippen LogP contribution in [0.2, 0.25) is 5.02 Å². The van der Waals surface area contributed by atoms with Gasteiger partial charge >= 0.3 is 0 Å². The Kier molecular flexibility index (Phi) is 5.97. The van der Waals surface area contributed by atoms with E-state index in [1.54, 1.807) is 12.1 Å². The number of carbonyl (C=O) groups is 2. The van der Waals surface area contributed by atoms with Crippen LogP contribution in [0.1, 0.15) is 26.3 Å². The van der Waals surface area contributed by atoms with Gasteiger partial charge < -0.3 is 19.4 Å². The number of nitrogens with zero attached hydrogens (tertiary/aromatic N) is 1. The third kappa shape index (κ3) is 4.27. The molecule has 0 heterocycles. The molecule has 0 bridgehead atoms. The van der Waals surface area contributed by atoms with Gasteiger partial charge in [-0.2, -0.15) is 5.10 Å². The molecule has 130 valence electrons. The van der Waals surface area contributed by atoms with Crippen molar-refractivity contribution in [1.29, 1.82) is 0 Å². The Morgan fingerprint density at radius 1 is 1.12 bits per heavy atom. The Hall–Kier alpha value is -3.06. The van der Waals surface area contributed by atoms with Crippen LogP contribution in [0.5, 0.6) is 11.5 Å². The fourth-order valence-corrected chi connectivity index (χ4v) is 2.21. The van der Waals surface area contributed by atoms with E-state index in [0.717, 1.165) is 0 Å². The first-order chi connectivity index (χ1) is 12.0. The van der Waals surface area contributed by atoms with Crippen molar-refractivity contribution in [2.24, 2.45) is 5.10 Å². The van der Waals surface area contributed by atoms with Crippen molar-refractivity contribution in [1.82, 2.24) is 5.43 Å². The van der Waals surface area contributed by atoms with Crippen molar-refractivity contribution in [3.05, 3.63) is 58.1 Å². The quantitative estimate of drug-likeness (QED) is 0.620. The molecule has 0 atom stereocenters. The van der Waals surface area contributed by atoms with E-state index in [-0.39, 0.29) is 22.6 Å². The number of carboxylic acid groups (broad SMARTS) is 1. The van der Waals surface area contributed by atoms with Gasteiger partial charge in [-0.25, -0.2) is 5.43 Å². The summed E-state index contributed by atoms with van der Waals surface area (Å²) >= 11 is 5.76. The number of nitrogens with one attached hydrogen (secondary N) is 1. The van der Waals surface area contributed by atoms with Gasteiger partial charge in [-0.05, 0) is 36.4 Å². The van der Waals surface area contributed by atoms with Gasteiger partial charge in [0.2, 0.25) is 0 Å². The van der Waals surface area contributed by atoms with E-state index in [0.29, 0.717) is 10.6 Å². The molecule has 0 fully saturated rings. The predicted octanol–water partition coefficient (Wildman–Crippen LogP) is 1.48. The minimum absolute atomic E-state index is 0.00970. The molecule has 0 saturated heterocycles. The molecule has 0 aromatic heterocycles. The fourth-order valence-electron chi connectivity index (χ4n) is 2.09. The number of hydrogen-bond acceptors (Lipinski definition) is 6. The Bertz CT molecular complexity index is 819. The molecule has 1 N–H and O–H groups in total. The molecule has 0 saturated carbocycles. The van der Waals surface area contributed by atoms with Crippen LogP contribution in [0.4, 0.5) is 0 Å². The summed E-state index contributed by atoms with van der Waals surface area (Å²) in [4.78, 5) is 23.4. The molecule has 2 aromatic rings. The van der Waals surface area contributed by atoms with E-state index in [9.17, 15) is 14.7 Å². The highest BCUT2D eigenvalue weighted by atomic mass is 35.5. The normalized spacial score (nSPS) is 10.5. The zero-order valence-electron chi connectivity index (χ0n) is 13.4. The summed E-state index contributed by atoms with van der Waals surface area (Å²) < 4.78 is 10.1. The van der Waals surface area contributed by atoms with Crippen LogP contribution in [0.15, 0.2) is 41.5 Å². The lowest BCUT2D eigenvalue weighted by molar-refractivity contribution is -0.255. The maximum Gasteiger partial charge on any atom is 0.271 e. The SMILES string of the molecule is COc1ccc(C=NNC(=O)c2ccc(Cl)cc2)c(C(=O)[O-])c1OC. The largest absolute Gasteiger partial charge is 0.545 e. The Labute approximate surface area is 148 Å².